The Kier molecular flexibility index (Phi) is 5.32. The summed E-state index contributed by atoms with van der Waals surface area (Å²) in [5.41, 5.74) is 3.12. The van der Waals surface area contributed by atoms with Crippen LogP contribution in [0.2, 0.25) is 0 Å². The zero-order chi connectivity index (χ0) is 15.5. The molecule has 1 aromatic carbocycles. The monoisotopic (exact) mass is 289 g/mol. The molecule has 1 aromatic rings. The number of rotatable bonds is 6. The van der Waals surface area contributed by atoms with E-state index in [-0.39, 0.29) is 0 Å². The van der Waals surface area contributed by atoms with E-state index in [1.807, 2.05) is 0 Å². The van der Waals surface area contributed by atoms with Crippen molar-refractivity contribution in [3.63, 3.8) is 0 Å². The van der Waals surface area contributed by atoms with Gasteiger partial charge in [-0.05, 0) is 36.3 Å². The summed E-state index contributed by atoms with van der Waals surface area (Å²) < 4.78 is 5.90. The molecule has 21 heavy (non-hydrogen) atoms. The summed E-state index contributed by atoms with van der Waals surface area (Å²) in [7, 11) is 0. The lowest BCUT2D eigenvalue weighted by molar-refractivity contribution is 0.273. The van der Waals surface area contributed by atoms with E-state index in [1.165, 1.54) is 24.0 Å². The Morgan fingerprint density at radius 3 is 2.71 bits per heavy atom. The Balaban J connectivity index is 2.14. The summed E-state index contributed by atoms with van der Waals surface area (Å²) >= 11 is 0. The lowest BCUT2D eigenvalue weighted by atomic mass is 9.82. The van der Waals surface area contributed by atoms with Crippen molar-refractivity contribution in [1.29, 1.82) is 0 Å². The quantitative estimate of drug-likeness (QED) is 0.817. The minimum Gasteiger partial charge on any atom is -0.493 e. The summed E-state index contributed by atoms with van der Waals surface area (Å²) in [5, 5.41) is 3.67. The first-order chi connectivity index (χ1) is 9.90. The van der Waals surface area contributed by atoms with Crippen LogP contribution in [0.15, 0.2) is 18.2 Å². The molecule has 0 fully saturated rings. The van der Waals surface area contributed by atoms with E-state index >= 15 is 0 Å². The van der Waals surface area contributed by atoms with E-state index in [9.17, 15) is 0 Å². The van der Waals surface area contributed by atoms with Crippen LogP contribution in [0, 0.1) is 11.3 Å². The van der Waals surface area contributed by atoms with Crippen LogP contribution in [0.1, 0.15) is 64.6 Å². The highest BCUT2D eigenvalue weighted by atomic mass is 16.5. The Morgan fingerprint density at radius 1 is 1.29 bits per heavy atom. The highest BCUT2D eigenvalue weighted by Crippen LogP contribution is 2.37. The van der Waals surface area contributed by atoms with Gasteiger partial charge in [-0.2, -0.15) is 0 Å². The van der Waals surface area contributed by atoms with E-state index in [2.05, 4.69) is 58.1 Å². The molecular weight excluding hydrogens is 258 g/mol. The zero-order valence-electron chi connectivity index (χ0n) is 14.3. The predicted octanol–water partition coefficient (Wildman–Crippen LogP) is 4.73. The molecule has 2 atom stereocenters. The molecule has 1 aliphatic heterocycles. The fourth-order valence-corrected chi connectivity index (χ4v) is 3.61. The molecule has 2 rings (SSSR count). The number of para-hydroxylation sites is 1. The van der Waals surface area contributed by atoms with Crippen molar-refractivity contribution >= 4 is 0 Å². The van der Waals surface area contributed by atoms with Gasteiger partial charge in [0.2, 0.25) is 0 Å². The Morgan fingerprint density at radius 2 is 2.05 bits per heavy atom. The third kappa shape index (κ3) is 4.47. The summed E-state index contributed by atoms with van der Waals surface area (Å²) in [4.78, 5) is 0. The maximum Gasteiger partial charge on any atom is 0.127 e. The van der Waals surface area contributed by atoms with Gasteiger partial charge in [-0.25, -0.2) is 0 Å². The van der Waals surface area contributed by atoms with E-state index in [0.717, 1.165) is 25.3 Å². The predicted molar refractivity (Wildman–Crippen MR) is 89.9 cm³/mol. The van der Waals surface area contributed by atoms with Crippen molar-refractivity contribution in [3.8, 4) is 5.75 Å². The van der Waals surface area contributed by atoms with Gasteiger partial charge >= 0.3 is 0 Å². The van der Waals surface area contributed by atoms with Crippen LogP contribution in [0.3, 0.4) is 0 Å². The first-order valence-corrected chi connectivity index (χ1v) is 8.38. The maximum absolute atomic E-state index is 5.90. The number of hydrogen-bond acceptors (Lipinski definition) is 2. The van der Waals surface area contributed by atoms with Crippen LogP contribution < -0.4 is 10.1 Å². The number of hydrogen-bond donors (Lipinski definition) is 1. The summed E-state index contributed by atoms with van der Waals surface area (Å²) in [6, 6.07) is 7.02. The Hall–Kier alpha value is -1.02. The lowest BCUT2D eigenvalue weighted by Crippen LogP contribution is -2.24. The molecule has 0 saturated carbocycles. The second kappa shape index (κ2) is 6.83. The van der Waals surface area contributed by atoms with E-state index < -0.39 is 0 Å². The van der Waals surface area contributed by atoms with Crippen molar-refractivity contribution in [1.82, 2.24) is 5.32 Å². The molecule has 0 saturated heterocycles. The van der Waals surface area contributed by atoms with Crippen LogP contribution in [0.4, 0.5) is 0 Å². The standard InChI is InChI=1S/C19H31NO/c1-6-20-17(12-14(2)13-19(3,4)5)16-9-7-8-15-10-11-21-18(15)16/h7-9,14,17,20H,6,10-13H2,1-5H3. The molecule has 0 aromatic heterocycles. The van der Waals surface area contributed by atoms with Crippen LogP contribution in [-0.4, -0.2) is 13.2 Å². The van der Waals surface area contributed by atoms with Crippen LogP contribution in [-0.2, 0) is 6.42 Å². The normalized spacial score (nSPS) is 17.2. The third-order valence-electron chi connectivity index (χ3n) is 4.17. The number of benzene rings is 1. The molecule has 0 bridgehead atoms. The van der Waals surface area contributed by atoms with E-state index in [4.69, 9.17) is 4.74 Å². The van der Waals surface area contributed by atoms with Gasteiger partial charge in [0.1, 0.15) is 5.75 Å². The molecule has 1 heterocycles. The van der Waals surface area contributed by atoms with Crippen molar-refractivity contribution < 1.29 is 4.74 Å². The highest BCUT2D eigenvalue weighted by molar-refractivity contribution is 5.45. The second-order valence-corrected chi connectivity index (χ2v) is 7.65. The average Bonchev–Trinajstić information content (AvgIpc) is 2.83. The molecule has 1 aliphatic rings. The van der Waals surface area contributed by atoms with Gasteiger partial charge in [0, 0.05) is 18.0 Å². The molecule has 0 radical (unpaired) electrons. The van der Waals surface area contributed by atoms with Gasteiger partial charge in [0.15, 0.2) is 0 Å². The number of ether oxygens (including phenoxy) is 1. The van der Waals surface area contributed by atoms with Gasteiger partial charge in [0.25, 0.3) is 0 Å². The molecule has 2 unspecified atom stereocenters. The highest BCUT2D eigenvalue weighted by Gasteiger charge is 2.24. The van der Waals surface area contributed by atoms with Crippen molar-refractivity contribution in [2.75, 3.05) is 13.2 Å². The number of nitrogens with one attached hydrogen (secondary N) is 1. The second-order valence-electron chi connectivity index (χ2n) is 7.65. The van der Waals surface area contributed by atoms with E-state index in [0.29, 0.717) is 17.4 Å². The molecule has 1 N–H and O–H groups in total. The summed E-state index contributed by atoms with van der Waals surface area (Å²) in [5.74, 6) is 1.85. The summed E-state index contributed by atoms with van der Waals surface area (Å²) in [6.07, 6.45) is 3.48. The van der Waals surface area contributed by atoms with Gasteiger partial charge in [0.05, 0.1) is 6.61 Å². The Labute approximate surface area is 130 Å². The SMILES string of the molecule is CCNC(CC(C)CC(C)(C)C)c1cccc2c1OCC2. The van der Waals surface area contributed by atoms with Gasteiger partial charge in [-0.15, -0.1) is 0 Å². The topological polar surface area (TPSA) is 21.3 Å². The molecule has 0 aliphatic carbocycles. The molecule has 0 amide bonds. The maximum atomic E-state index is 5.90. The molecule has 2 nitrogen and oxygen atoms in total. The van der Waals surface area contributed by atoms with Crippen molar-refractivity contribution in [3.05, 3.63) is 29.3 Å². The minimum absolute atomic E-state index is 0.394. The van der Waals surface area contributed by atoms with Crippen LogP contribution in [0.25, 0.3) is 0 Å². The van der Waals surface area contributed by atoms with Gasteiger partial charge in [-0.1, -0.05) is 52.8 Å². The van der Waals surface area contributed by atoms with E-state index in [1.54, 1.807) is 0 Å². The van der Waals surface area contributed by atoms with Crippen LogP contribution in [0.5, 0.6) is 5.75 Å². The third-order valence-corrected chi connectivity index (χ3v) is 4.17. The molecule has 118 valence electrons. The first-order valence-electron chi connectivity index (χ1n) is 8.38. The Bertz CT molecular complexity index is 461. The number of fused-ring (bicyclic) bond motifs is 1. The fourth-order valence-electron chi connectivity index (χ4n) is 3.61. The first kappa shape index (κ1) is 16.4. The van der Waals surface area contributed by atoms with Crippen LogP contribution >= 0.6 is 0 Å². The lowest BCUT2D eigenvalue weighted by Gasteiger charge is -2.28. The molecule has 2 heteroatoms. The summed E-state index contributed by atoms with van der Waals surface area (Å²) in [6.45, 7) is 13.4. The van der Waals surface area contributed by atoms with Gasteiger partial charge in [-0.3, -0.25) is 0 Å². The smallest absolute Gasteiger partial charge is 0.127 e. The van der Waals surface area contributed by atoms with Crippen molar-refractivity contribution in [2.24, 2.45) is 11.3 Å². The zero-order valence-corrected chi connectivity index (χ0v) is 14.3. The van der Waals surface area contributed by atoms with Crippen molar-refractivity contribution in [2.45, 2.75) is 59.9 Å². The average molecular weight is 289 g/mol. The largest absolute Gasteiger partial charge is 0.493 e. The minimum atomic E-state index is 0.394. The van der Waals surface area contributed by atoms with Gasteiger partial charge < -0.3 is 10.1 Å². The molecular formula is C19H31NO. The fraction of sp³-hybridized carbons (Fsp3) is 0.684. The molecule has 0 spiro atoms.